The number of amidine groups is 1. The van der Waals surface area contributed by atoms with Crippen LogP contribution in [-0.4, -0.2) is 18.9 Å². The summed E-state index contributed by atoms with van der Waals surface area (Å²) in [6, 6.07) is 0. The number of hydrogen-bond donors (Lipinski definition) is 1. The van der Waals surface area contributed by atoms with E-state index in [-0.39, 0.29) is 32.7 Å². The van der Waals surface area contributed by atoms with Crippen LogP contribution in [0.15, 0.2) is 4.99 Å². The third-order valence-electron chi connectivity index (χ3n) is 0.744. The fourth-order valence-electron chi connectivity index (χ4n) is 0.447. The zero-order valence-electron chi connectivity index (χ0n) is 4.15. The Hall–Kier alpha value is 0.444. The third kappa shape index (κ3) is 2.30. The SMILES string of the molecule is [CH2-]C1=NCCN1.[Y]. The number of aliphatic imine (C=N–C) groups is 1. The molecule has 0 aromatic carbocycles. The predicted octanol–water partition coefficient (Wildman–Crippen LogP) is -0.180. The van der Waals surface area contributed by atoms with Gasteiger partial charge in [0.15, 0.2) is 0 Å². The molecule has 0 saturated heterocycles. The van der Waals surface area contributed by atoms with E-state index in [0.29, 0.717) is 0 Å². The minimum atomic E-state index is 0. The van der Waals surface area contributed by atoms with Gasteiger partial charge in [-0.05, 0) is 5.84 Å². The Morgan fingerprint density at radius 3 is 2.57 bits per heavy atom. The summed E-state index contributed by atoms with van der Waals surface area (Å²) in [5.74, 6) is 0.829. The van der Waals surface area contributed by atoms with Crippen LogP contribution in [-0.2, 0) is 32.7 Å². The molecule has 3 heteroatoms. The molecule has 0 atom stereocenters. The van der Waals surface area contributed by atoms with Crippen molar-refractivity contribution in [1.82, 2.24) is 5.32 Å². The number of hydrogen-bond acceptors (Lipinski definition) is 2. The van der Waals surface area contributed by atoms with E-state index in [1.165, 1.54) is 0 Å². The molecule has 0 aromatic rings. The fourth-order valence-corrected chi connectivity index (χ4v) is 0.447. The van der Waals surface area contributed by atoms with Crippen molar-refractivity contribution in [2.75, 3.05) is 13.1 Å². The molecule has 0 amide bonds. The monoisotopic (exact) mass is 172 g/mol. The topological polar surface area (TPSA) is 24.4 Å². The zero-order valence-corrected chi connectivity index (χ0v) is 6.98. The molecule has 37 valence electrons. The van der Waals surface area contributed by atoms with Gasteiger partial charge in [-0.3, -0.25) is 0 Å². The van der Waals surface area contributed by atoms with Crippen LogP contribution in [0.3, 0.4) is 0 Å². The standard InChI is InChI=1S/C4H7N2.Y/c1-4-5-2-3-6-4;/h1-3H2,(H,5,6);/q-1;. The molecular weight excluding hydrogens is 165 g/mol. The second kappa shape index (κ2) is 3.45. The largest absolute Gasteiger partial charge is 0.397 e. The summed E-state index contributed by atoms with van der Waals surface area (Å²) < 4.78 is 0. The van der Waals surface area contributed by atoms with E-state index in [9.17, 15) is 0 Å². The first-order valence-electron chi connectivity index (χ1n) is 2.00. The number of rotatable bonds is 0. The van der Waals surface area contributed by atoms with Crippen molar-refractivity contribution in [2.24, 2.45) is 4.99 Å². The third-order valence-corrected chi connectivity index (χ3v) is 0.744. The summed E-state index contributed by atoms with van der Waals surface area (Å²) in [7, 11) is 0. The summed E-state index contributed by atoms with van der Waals surface area (Å²) >= 11 is 0. The van der Waals surface area contributed by atoms with Crippen LogP contribution in [0, 0.1) is 6.92 Å². The molecule has 1 aliphatic rings. The molecule has 0 fully saturated rings. The molecule has 0 aliphatic carbocycles. The molecule has 2 nitrogen and oxygen atoms in total. The molecule has 0 bridgehead atoms. The Morgan fingerprint density at radius 2 is 2.43 bits per heavy atom. The maximum Gasteiger partial charge on any atom is 0.0551 e. The maximum atomic E-state index is 3.93. The van der Waals surface area contributed by atoms with Crippen molar-refractivity contribution in [3.8, 4) is 0 Å². The molecule has 0 aromatic heterocycles. The van der Waals surface area contributed by atoms with Gasteiger partial charge in [0.1, 0.15) is 0 Å². The first kappa shape index (κ1) is 7.44. The van der Waals surface area contributed by atoms with E-state index < -0.39 is 0 Å². The van der Waals surface area contributed by atoms with Gasteiger partial charge >= 0.3 is 0 Å². The van der Waals surface area contributed by atoms with E-state index in [2.05, 4.69) is 17.2 Å². The quantitative estimate of drug-likeness (QED) is 0.503. The number of nitrogens with one attached hydrogen (secondary N) is 1. The summed E-state index contributed by atoms with van der Waals surface area (Å²) in [6.07, 6.45) is 0. The Morgan fingerprint density at radius 1 is 1.71 bits per heavy atom. The van der Waals surface area contributed by atoms with Gasteiger partial charge in [0.2, 0.25) is 0 Å². The smallest absolute Gasteiger partial charge is 0.0551 e. The normalized spacial score (nSPS) is 16.9. The van der Waals surface area contributed by atoms with Gasteiger partial charge in [-0.1, -0.05) is 0 Å². The molecule has 1 N–H and O–H groups in total. The molecule has 1 radical (unpaired) electrons. The number of nitrogens with zero attached hydrogens (tertiary/aromatic N) is 1. The molecule has 1 rings (SSSR count). The molecule has 1 aliphatic heterocycles. The fraction of sp³-hybridized carbons (Fsp3) is 0.500. The Kier molecular flexibility index (Phi) is 3.66. The van der Waals surface area contributed by atoms with Crippen LogP contribution in [0.4, 0.5) is 0 Å². The van der Waals surface area contributed by atoms with E-state index in [0.717, 1.165) is 18.9 Å². The van der Waals surface area contributed by atoms with Crippen molar-refractivity contribution in [3.63, 3.8) is 0 Å². The molecular formula is C4H7N2Y-. The van der Waals surface area contributed by atoms with E-state index in [1.54, 1.807) is 0 Å². The van der Waals surface area contributed by atoms with Gasteiger partial charge in [-0.15, -0.1) is 0 Å². The zero-order chi connectivity index (χ0) is 4.41. The van der Waals surface area contributed by atoms with Crippen LogP contribution in [0.25, 0.3) is 0 Å². The minimum Gasteiger partial charge on any atom is -0.397 e. The van der Waals surface area contributed by atoms with Crippen molar-refractivity contribution < 1.29 is 32.7 Å². The summed E-state index contributed by atoms with van der Waals surface area (Å²) in [6.45, 7) is 5.45. The second-order valence-corrected chi connectivity index (χ2v) is 1.26. The van der Waals surface area contributed by atoms with Gasteiger partial charge in [0.25, 0.3) is 0 Å². The average molecular weight is 172 g/mol. The molecule has 0 unspecified atom stereocenters. The first-order chi connectivity index (χ1) is 2.89. The summed E-state index contributed by atoms with van der Waals surface area (Å²) in [5.41, 5.74) is 0. The van der Waals surface area contributed by atoms with Gasteiger partial charge in [-0.2, -0.15) is 0 Å². The van der Waals surface area contributed by atoms with Crippen LogP contribution in [0.1, 0.15) is 0 Å². The van der Waals surface area contributed by atoms with Gasteiger partial charge in [-0.25, -0.2) is 0 Å². The van der Waals surface area contributed by atoms with Gasteiger partial charge in [0, 0.05) is 39.3 Å². The summed E-state index contributed by atoms with van der Waals surface area (Å²) in [4.78, 5) is 3.93. The second-order valence-electron chi connectivity index (χ2n) is 1.26. The predicted molar refractivity (Wildman–Crippen MR) is 25.7 cm³/mol. The first-order valence-corrected chi connectivity index (χ1v) is 2.00. The van der Waals surface area contributed by atoms with Crippen molar-refractivity contribution in [3.05, 3.63) is 6.92 Å². The van der Waals surface area contributed by atoms with Crippen LogP contribution in [0.5, 0.6) is 0 Å². The van der Waals surface area contributed by atoms with E-state index in [1.807, 2.05) is 0 Å². The Balaban J connectivity index is 0.000000360. The van der Waals surface area contributed by atoms with Gasteiger partial charge in [0.05, 0.1) is 6.54 Å². The maximum absolute atomic E-state index is 3.93. The van der Waals surface area contributed by atoms with Crippen LogP contribution in [0.2, 0.25) is 0 Å². The van der Waals surface area contributed by atoms with Crippen molar-refractivity contribution in [1.29, 1.82) is 0 Å². The molecule has 1 heterocycles. The Labute approximate surface area is 68.7 Å². The minimum absolute atomic E-state index is 0. The molecule has 7 heavy (non-hydrogen) atoms. The Bertz CT molecular complexity index is 79.8. The average Bonchev–Trinajstić information content (AvgIpc) is 1.86. The van der Waals surface area contributed by atoms with Crippen LogP contribution < -0.4 is 5.32 Å². The molecule has 0 spiro atoms. The van der Waals surface area contributed by atoms with Crippen molar-refractivity contribution >= 4 is 5.84 Å². The van der Waals surface area contributed by atoms with E-state index >= 15 is 0 Å². The van der Waals surface area contributed by atoms with E-state index in [4.69, 9.17) is 0 Å². The van der Waals surface area contributed by atoms with Gasteiger partial charge < -0.3 is 17.2 Å². The summed E-state index contributed by atoms with van der Waals surface area (Å²) in [5, 5.41) is 2.96. The van der Waals surface area contributed by atoms with Crippen LogP contribution >= 0.6 is 0 Å². The van der Waals surface area contributed by atoms with Crippen molar-refractivity contribution in [2.45, 2.75) is 0 Å². The molecule has 0 saturated carbocycles.